The smallest absolute Gasteiger partial charge is 0.227 e. The van der Waals surface area contributed by atoms with E-state index in [1.807, 2.05) is 0 Å². The van der Waals surface area contributed by atoms with Crippen LogP contribution in [0.1, 0.15) is 12.8 Å². The predicted molar refractivity (Wildman–Crippen MR) is 74.1 cm³/mol. The van der Waals surface area contributed by atoms with E-state index in [1.54, 1.807) is 0 Å². The van der Waals surface area contributed by atoms with Gasteiger partial charge in [-0.2, -0.15) is 0 Å². The molecule has 2 rings (SSSR count). The second-order valence-corrected chi connectivity index (χ2v) is 7.13. The van der Waals surface area contributed by atoms with Crippen LogP contribution in [0.4, 0.5) is 18.9 Å². The molecule has 1 aliphatic rings. The van der Waals surface area contributed by atoms with Gasteiger partial charge in [-0.1, -0.05) is 0 Å². The molecule has 0 aromatic heterocycles. The lowest BCUT2D eigenvalue weighted by molar-refractivity contribution is -0.120. The Morgan fingerprint density at radius 3 is 2.32 bits per heavy atom. The molecule has 0 spiro atoms. The van der Waals surface area contributed by atoms with Gasteiger partial charge >= 0.3 is 0 Å². The minimum atomic E-state index is -3.30. The van der Waals surface area contributed by atoms with Gasteiger partial charge in [-0.15, -0.1) is 0 Å². The summed E-state index contributed by atoms with van der Waals surface area (Å²) in [5, 5.41) is 2.21. The first kappa shape index (κ1) is 16.8. The van der Waals surface area contributed by atoms with Crippen LogP contribution in [0.15, 0.2) is 12.1 Å². The first-order valence-electron chi connectivity index (χ1n) is 6.59. The van der Waals surface area contributed by atoms with E-state index in [9.17, 15) is 26.4 Å². The maximum absolute atomic E-state index is 13.5. The summed E-state index contributed by atoms with van der Waals surface area (Å²) in [4.78, 5) is 12.0. The zero-order valence-electron chi connectivity index (χ0n) is 11.8. The molecule has 5 nitrogen and oxygen atoms in total. The standard InChI is InChI=1S/C13H15F3N2O3S/c1-22(20,21)18-6-4-8(5-7-18)13(19)17-10-3-2-9(14)11(15)12(10)16/h2-3,8H,4-7H2,1H3,(H,17,19). The molecule has 0 bridgehead atoms. The largest absolute Gasteiger partial charge is 0.323 e. The molecular weight excluding hydrogens is 321 g/mol. The van der Waals surface area contributed by atoms with Gasteiger partial charge in [-0.25, -0.2) is 25.9 Å². The number of amides is 1. The topological polar surface area (TPSA) is 66.5 Å². The van der Waals surface area contributed by atoms with Crippen molar-refractivity contribution in [2.75, 3.05) is 24.7 Å². The number of rotatable bonds is 3. The molecule has 1 amide bonds. The summed E-state index contributed by atoms with van der Waals surface area (Å²) in [7, 11) is -3.30. The second-order valence-electron chi connectivity index (χ2n) is 5.15. The lowest BCUT2D eigenvalue weighted by atomic mass is 9.97. The summed E-state index contributed by atoms with van der Waals surface area (Å²) >= 11 is 0. The molecule has 1 heterocycles. The van der Waals surface area contributed by atoms with Crippen LogP contribution in [0.3, 0.4) is 0 Å². The summed E-state index contributed by atoms with van der Waals surface area (Å²) in [6.07, 6.45) is 1.65. The first-order valence-corrected chi connectivity index (χ1v) is 8.44. The van der Waals surface area contributed by atoms with Gasteiger partial charge in [-0.05, 0) is 25.0 Å². The van der Waals surface area contributed by atoms with E-state index < -0.39 is 45.0 Å². The maximum atomic E-state index is 13.5. The normalized spacial score (nSPS) is 17.5. The molecule has 1 aromatic rings. The Hall–Kier alpha value is -1.61. The number of piperidine rings is 1. The van der Waals surface area contributed by atoms with E-state index in [0.29, 0.717) is 0 Å². The monoisotopic (exact) mass is 336 g/mol. The number of halogens is 3. The highest BCUT2D eigenvalue weighted by Gasteiger charge is 2.29. The fourth-order valence-electron chi connectivity index (χ4n) is 2.31. The zero-order chi connectivity index (χ0) is 16.5. The molecule has 22 heavy (non-hydrogen) atoms. The average molecular weight is 336 g/mol. The Labute approximate surface area is 126 Å². The van der Waals surface area contributed by atoms with Crippen LogP contribution in [0, 0.1) is 23.4 Å². The van der Waals surface area contributed by atoms with E-state index in [1.165, 1.54) is 4.31 Å². The van der Waals surface area contributed by atoms with Gasteiger partial charge in [0, 0.05) is 19.0 Å². The van der Waals surface area contributed by atoms with Gasteiger partial charge in [0.1, 0.15) is 0 Å². The van der Waals surface area contributed by atoms with E-state index in [-0.39, 0.29) is 25.9 Å². The van der Waals surface area contributed by atoms with Crippen molar-refractivity contribution in [2.45, 2.75) is 12.8 Å². The SMILES string of the molecule is CS(=O)(=O)N1CCC(C(=O)Nc2ccc(F)c(F)c2F)CC1. The number of carbonyl (C=O) groups excluding carboxylic acids is 1. The predicted octanol–water partition coefficient (Wildman–Crippen LogP) is 1.71. The number of anilines is 1. The molecule has 0 atom stereocenters. The number of carbonyl (C=O) groups is 1. The molecule has 1 saturated heterocycles. The Balaban J connectivity index is 2.01. The molecule has 0 radical (unpaired) electrons. The minimum absolute atomic E-state index is 0.192. The number of nitrogens with zero attached hydrogens (tertiary/aromatic N) is 1. The van der Waals surface area contributed by atoms with E-state index in [0.717, 1.165) is 18.4 Å². The zero-order valence-corrected chi connectivity index (χ0v) is 12.6. The molecule has 1 aromatic carbocycles. The van der Waals surface area contributed by atoms with Gasteiger partial charge in [0.25, 0.3) is 0 Å². The van der Waals surface area contributed by atoms with Crippen LogP contribution in [-0.4, -0.2) is 38.0 Å². The van der Waals surface area contributed by atoms with Crippen molar-refractivity contribution in [2.24, 2.45) is 5.92 Å². The van der Waals surface area contributed by atoms with Crippen LogP contribution in [0.5, 0.6) is 0 Å². The third-order valence-corrected chi connectivity index (χ3v) is 4.89. The Bertz CT molecular complexity index is 686. The summed E-state index contributed by atoms with van der Waals surface area (Å²) in [6, 6.07) is 1.66. The number of sulfonamides is 1. The Morgan fingerprint density at radius 2 is 1.77 bits per heavy atom. The minimum Gasteiger partial charge on any atom is -0.323 e. The van der Waals surface area contributed by atoms with Crippen LogP contribution < -0.4 is 5.32 Å². The highest BCUT2D eigenvalue weighted by atomic mass is 32.2. The highest BCUT2D eigenvalue weighted by molar-refractivity contribution is 7.88. The molecule has 122 valence electrons. The molecule has 1 fully saturated rings. The van der Waals surface area contributed by atoms with E-state index in [4.69, 9.17) is 0 Å². The molecular formula is C13H15F3N2O3S. The third-order valence-electron chi connectivity index (χ3n) is 3.59. The summed E-state index contributed by atoms with van der Waals surface area (Å²) in [5.41, 5.74) is -0.436. The van der Waals surface area contributed by atoms with Crippen molar-refractivity contribution in [1.29, 1.82) is 0 Å². The molecule has 0 saturated carbocycles. The number of benzene rings is 1. The number of hydrogen-bond donors (Lipinski definition) is 1. The summed E-state index contributed by atoms with van der Waals surface area (Å²) < 4.78 is 63.4. The Kier molecular flexibility index (Phi) is 4.76. The number of hydrogen-bond acceptors (Lipinski definition) is 3. The van der Waals surface area contributed by atoms with Crippen molar-refractivity contribution in [1.82, 2.24) is 4.31 Å². The van der Waals surface area contributed by atoms with Gasteiger partial charge in [0.15, 0.2) is 17.5 Å². The molecule has 9 heteroatoms. The van der Waals surface area contributed by atoms with Crippen LogP contribution in [0.2, 0.25) is 0 Å². The van der Waals surface area contributed by atoms with Crippen molar-refractivity contribution in [3.8, 4) is 0 Å². The van der Waals surface area contributed by atoms with Crippen LogP contribution in [-0.2, 0) is 14.8 Å². The maximum Gasteiger partial charge on any atom is 0.227 e. The van der Waals surface area contributed by atoms with Gasteiger partial charge in [0.05, 0.1) is 11.9 Å². The van der Waals surface area contributed by atoms with Crippen molar-refractivity contribution < 1.29 is 26.4 Å². The lowest BCUT2D eigenvalue weighted by Crippen LogP contribution is -2.41. The molecule has 0 unspecified atom stereocenters. The molecule has 1 N–H and O–H groups in total. The van der Waals surface area contributed by atoms with E-state index in [2.05, 4.69) is 5.32 Å². The summed E-state index contributed by atoms with van der Waals surface area (Å²) in [6.45, 7) is 0.383. The first-order chi connectivity index (χ1) is 10.2. The molecule has 0 aliphatic carbocycles. The fourth-order valence-corrected chi connectivity index (χ4v) is 3.18. The average Bonchev–Trinajstić information content (AvgIpc) is 2.47. The number of nitrogens with one attached hydrogen (secondary N) is 1. The van der Waals surface area contributed by atoms with Crippen LogP contribution >= 0.6 is 0 Å². The quantitative estimate of drug-likeness (QED) is 0.855. The Morgan fingerprint density at radius 1 is 1.18 bits per heavy atom. The van der Waals surface area contributed by atoms with Gasteiger partial charge in [-0.3, -0.25) is 4.79 Å². The van der Waals surface area contributed by atoms with Crippen molar-refractivity contribution >= 4 is 21.6 Å². The van der Waals surface area contributed by atoms with E-state index >= 15 is 0 Å². The lowest BCUT2D eigenvalue weighted by Gasteiger charge is -2.29. The molecule has 1 aliphatic heterocycles. The fraction of sp³-hybridized carbons (Fsp3) is 0.462. The van der Waals surface area contributed by atoms with Crippen molar-refractivity contribution in [3.05, 3.63) is 29.6 Å². The van der Waals surface area contributed by atoms with Gasteiger partial charge < -0.3 is 5.32 Å². The highest BCUT2D eigenvalue weighted by Crippen LogP contribution is 2.23. The van der Waals surface area contributed by atoms with Crippen LogP contribution in [0.25, 0.3) is 0 Å². The third kappa shape index (κ3) is 3.58. The second kappa shape index (κ2) is 6.25. The van der Waals surface area contributed by atoms with Crippen molar-refractivity contribution in [3.63, 3.8) is 0 Å². The summed E-state index contributed by atoms with van der Waals surface area (Å²) in [5.74, 6) is -5.49. The van der Waals surface area contributed by atoms with Gasteiger partial charge in [0.2, 0.25) is 15.9 Å².